The largest absolute Gasteiger partial charge is 0.363 e. The Bertz CT molecular complexity index is 516. The van der Waals surface area contributed by atoms with E-state index in [1.807, 2.05) is 0 Å². The number of urea groups is 1. The van der Waals surface area contributed by atoms with Crippen LogP contribution >= 0.6 is 23.1 Å². The van der Waals surface area contributed by atoms with E-state index in [0.717, 1.165) is 25.7 Å². The van der Waals surface area contributed by atoms with Crippen LogP contribution in [0.15, 0.2) is 4.34 Å². The first-order valence-electron chi connectivity index (χ1n) is 7.37. The van der Waals surface area contributed by atoms with Crippen molar-refractivity contribution in [2.45, 2.75) is 54.7 Å². The smallest absolute Gasteiger partial charge is 0.321 e. The summed E-state index contributed by atoms with van der Waals surface area (Å²) in [6.45, 7) is 1.74. The Morgan fingerprint density at radius 2 is 2.00 bits per heavy atom. The molecule has 1 saturated carbocycles. The van der Waals surface area contributed by atoms with Crippen molar-refractivity contribution in [3.8, 4) is 0 Å². The Morgan fingerprint density at radius 1 is 1.27 bits per heavy atom. The van der Waals surface area contributed by atoms with Gasteiger partial charge in [0.15, 0.2) is 4.34 Å². The van der Waals surface area contributed by atoms with Gasteiger partial charge in [-0.3, -0.25) is 10.1 Å². The van der Waals surface area contributed by atoms with Crippen molar-refractivity contribution in [3.05, 3.63) is 0 Å². The van der Waals surface area contributed by atoms with E-state index < -0.39 is 11.3 Å². The highest BCUT2D eigenvalue weighted by atomic mass is 32.2. The molecule has 1 aliphatic rings. The number of anilines is 1. The minimum absolute atomic E-state index is 0.186. The van der Waals surface area contributed by atoms with Gasteiger partial charge in [-0.1, -0.05) is 42.4 Å². The molecule has 0 aliphatic heterocycles. The topological polar surface area (TPSA) is 96.0 Å². The fourth-order valence-corrected chi connectivity index (χ4v) is 4.09. The lowest BCUT2D eigenvalue weighted by Crippen LogP contribution is -2.47. The monoisotopic (exact) mass is 343 g/mol. The fourth-order valence-electron chi connectivity index (χ4n) is 2.25. The van der Waals surface area contributed by atoms with E-state index in [2.05, 4.69) is 26.1 Å². The van der Waals surface area contributed by atoms with Gasteiger partial charge in [-0.05, 0) is 19.8 Å². The summed E-state index contributed by atoms with van der Waals surface area (Å²) < 4.78 is 0.694. The van der Waals surface area contributed by atoms with Crippen molar-refractivity contribution in [2.24, 2.45) is 0 Å². The van der Waals surface area contributed by atoms with Crippen LogP contribution in [0, 0.1) is 0 Å². The molecule has 22 heavy (non-hydrogen) atoms. The number of carbonyl (C=O) groups is 2. The third-order valence-corrected chi connectivity index (χ3v) is 5.57. The zero-order chi connectivity index (χ0) is 15.9. The lowest BCUT2D eigenvalue weighted by molar-refractivity contribution is -0.119. The van der Waals surface area contributed by atoms with Crippen LogP contribution in [0.5, 0.6) is 0 Å². The zero-order valence-electron chi connectivity index (χ0n) is 12.7. The number of hydrogen-bond donors (Lipinski definition) is 3. The Balaban J connectivity index is 1.76. The lowest BCUT2D eigenvalue weighted by Gasteiger charge is -2.22. The highest BCUT2D eigenvalue weighted by Gasteiger charge is 2.21. The first-order valence-corrected chi connectivity index (χ1v) is 9.07. The molecule has 0 spiro atoms. The van der Waals surface area contributed by atoms with Gasteiger partial charge in [0.05, 0.1) is 5.25 Å². The number of carbonyl (C=O) groups excluding carboxylic acids is 2. The SMILES string of the molecule is CNc1nnc(S[C@@H](C)C(=O)NC(=O)NC2CCCCC2)s1. The molecule has 0 unspecified atom stereocenters. The molecule has 3 N–H and O–H groups in total. The van der Waals surface area contributed by atoms with E-state index in [1.54, 1.807) is 14.0 Å². The Morgan fingerprint density at radius 3 is 2.64 bits per heavy atom. The van der Waals surface area contributed by atoms with Crippen LogP contribution in [-0.2, 0) is 4.79 Å². The second-order valence-electron chi connectivity index (χ2n) is 5.18. The molecule has 0 bridgehead atoms. The lowest BCUT2D eigenvalue weighted by atomic mass is 9.96. The number of imide groups is 1. The maximum Gasteiger partial charge on any atom is 0.321 e. The van der Waals surface area contributed by atoms with Gasteiger partial charge in [0.1, 0.15) is 0 Å². The average Bonchev–Trinajstić information content (AvgIpc) is 2.95. The van der Waals surface area contributed by atoms with Gasteiger partial charge >= 0.3 is 6.03 Å². The van der Waals surface area contributed by atoms with Crippen molar-refractivity contribution < 1.29 is 9.59 Å². The van der Waals surface area contributed by atoms with E-state index in [4.69, 9.17) is 0 Å². The molecule has 1 aromatic heterocycles. The summed E-state index contributed by atoms with van der Waals surface area (Å²) >= 11 is 2.66. The number of hydrogen-bond acceptors (Lipinski definition) is 7. The molecule has 3 amide bonds. The summed E-state index contributed by atoms with van der Waals surface area (Å²) in [5.74, 6) is -0.320. The van der Waals surface area contributed by atoms with Crippen LogP contribution in [0.2, 0.25) is 0 Å². The fraction of sp³-hybridized carbons (Fsp3) is 0.692. The summed E-state index contributed by atoms with van der Waals surface area (Å²) in [6.07, 6.45) is 5.47. The van der Waals surface area contributed by atoms with Gasteiger partial charge < -0.3 is 10.6 Å². The van der Waals surface area contributed by atoms with Crippen LogP contribution in [0.25, 0.3) is 0 Å². The van der Waals surface area contributed by atoms with Gasteiger partial charge in [-0.25, -0.2) is 4.79 Å². The molecule has 2 rings (SSSR count). The number of nitrogens with one attached hydrogen (secondary N) is 3. The number of rotatable bonds is 5. The number of aromatic nitrogens is 2. The predicted molar refractivity (Wildman–Crippen MR) is 88.3 cm³/mol. The number of nitrogens with zero attached hydrogens (tertiary/aromatic N) is 2. The maximum absolute atomic E-state index is 12.0. The van der Waals surface area contributed by atoms with E-state index in [9.17, 15) is 9.59 Å². The minimum atomic E-state index is -0.408. The van der Waals surface area contributed by atoms with Crippen molar-refractivity contribution in [3.63, 3.8) is 0 Å². The Kier molecular flexibility index (Phi) is 6.44. The van der Waals surface area contributed by atoms with E-state index in [-0.39, 0.29) is 11.9 Å². The quantitative estimate of drug-likeness (QED) is 0.710. The number of amides is 3. The highest BCUT2D eigenvalue weighted by Crippen LogP contribution is 2.28. The summed E-state index contributed by atoms with van der Waals surface area (Å²) in [4.78, 5) is 23.9. The van der Waals surface area contributed by atoms with Gasteiger partial charge in [-0.15, -0.1) is 10.2 Å². The molecule has 0 saturated heterocycles. The molecular weight excluding hydrogens is 322 g/mol. The maximum atomic E-state index is 12.0. The van der Waals surface area contributed by atoms with Crippen molar-refractivity contribution >= 4 is 40.2 Å². The second kappa shape index (κ2) is 8.33. The first-order chi connectivity index (χ1) is 10.6. The Hall–Kier alpha value is -1.35. The molecule has 1 aromatic rings. The average molecular weight is 343 g/mol. The molecule has 1 atom stereocenters. The molecular formula is C13H21N5O2S2. The van der Waals surface area contributed by atoms with E-state index in [1.165, 1.54) is 29.5 Å². The first kappa shape index (κ1) is 17.0. The van der Waals surface area contributed by atoms with Crippen LogP contribution in [0.4, 0.5) is 9.93 Å². The summed E-state index contributed by atoms with van der Waals surface area (Å²) in [5.41, 5.74) is 0. The van der Waals surface area contributed by atoms with Gasteiger partial charge in [-0.2, -0.15) is 0 Å². The third kappa shape index (κ3) is 5.13. The molecule has 0 aromatic carbocycles. The summed E-state index contributed by atoms with van der Waals surface area (Å²) in [6, 6.07) is -0.219. The van der Waals surface area contributed by atoms with Crippen LogP contribution < -0.4 is 16.0 Å². The molecule has 0 radical (unpaired) electrons. The molecule has 122 valence electrons. The standard InChI is InChI=1S/C13H21N5O2S2/c1-8(21-13-18-17-12(14-2)22-13)10(19)16-11(20)15-9-6-4-3-5-7-9/h8-9H,3-7H2,1-2H3,(H,14,17)(H2,15,16,19,20)/t8-/m0/s1. The predicted octanol–water partition coefficient (Wildman–Crippen LogP) is 2.22. The van der Waals surface area contributed by atoms with E-state index in [0.29, 0.717) is 9.47 Å². The zero-order valence-corrected chi connectivity index (χ0v) is 14.4. The number of thioether (sulfide) groups is 1. The Labute approximate surface area is 138 Å². The third-order valence-electron chi connectivity index (χ3n) is 3.44. The molecule has 9 heteroatoms. The summed E-state index contributed by atoms with van der Waals surface area (Å²) in [7, 11) is 1.76. The van der Waals surface area contributed by atoms with Crippen molar-refractivity contribution in [1.29, 1.82) is 0 Å². The molecule has 1 heterocycles. The van der Waals surface area contributed by atoms with Gasteiger partial charge in [0, 0.05) is 13.1 Å². The van der Waals surface area contributed by atoms with Gasteiger partial charge in [0.2, 0.25) is 11.0 Å². The molecule has 1 fully saturated rings. The summed E-state index contributed by atoms with van der Waals surface area (Å²) in [5, 5.41) is 16.3. The highest BCUT2D eigenvalue weighted by molar-refractivity contribution is 8.02. The van der Waals surface area contributed by atoms with Crippen molar-refractivity contribution in [1.82, 2.24) is 20.8 Å². The second-order valence-corrected chi connectivity index (χ2v) is 7.75. The molecule has 7 nitrogen and oxygen atoms in total. The van der Waals surface area contributed by atoms with E-state index >= 15 is 0 Å². The van der Waals surface area contributed by atoms with Crippen LogP contribution in [-0.4, -0.2) is 40.5 Å². The normalized spacial score (nSPS) is 16.8. The van der Waals surface area contributed by atoms with Crippen LogP contribution in [0.1, 0.15) is 39.0 Å². The van der Waals surface area contributed by atoms with Crippen molar-refractivity contribution in [2.75, 3.05) is 12.4 Å². The van der Waals surface area contributed by atoms with Gasteiger partial charge in [0.25, 0.3) is 0 Å². The minimum Gasteiger partial charge on any atom is -0.363 e. The molecule has 1 aliphatic carbocycles. The van der Waals surface area contributed by atoms with Crippen LogP contribution in [0.3, 0.4) is 0 Å².